The maximum atomic E-state index is 11.9. The van der Waals surface area contributed by atoms with E-state index in [1.165, 1.54) is 0 Å². The van der Waals surface area contributed by atoms with Gasteiger partial charge in [-0.1, -0.05) is 30.3 Å². The van der Waals surface area contributed by atoms with E-state index in [2.05, 4.69) is 0 Å². The summed E-state index contributed by atoms with van der Waals surface area (Å²) >= 11 is 1.70. The predicted molar refractivity (Wildman–Crippen MR) is 92.0 cm³/mol. The van der Waals surface area contributed by atoms with E-state index in [1.54, 1.807) is 23.7 Å². The molecule has 0 saturated carbocycles. The smallest absolute Gasteiger partial charge is 0.239 e. The Morgan fingerprint density at radius 1 is 1.38 bits per heavy atom. The first-order valence-corrected chi connectivity index (χ1v) is 8.15. The molecule has 120 valence electrons. The third-order valence-electron chi connectivity index (χ3n) is 3.01. The van der Waals surface area contributed by atoms with Crippen LogP contribution in [0.4, 0.5) is 0 Å². The Bertz CT molecular complexity index is 393. The highest BCUT2D eigenvalue weighted by atomic mass is 35.5. The van der Waals surface area contributed by atoms with E-state index in [0.29, 0.717) is 19.8 Å². The third kappa shape index (κ3) is 8.31. The number of benzene rings is 1. The molecule has 6 heteroatoms. The minimum Gasteiger partial charge on any atom is -0.375 e. The van der Waals surface area contributed by atoms with Crippen LogP contribution in [0.5, 0.6) is 0 Å². The molecule has 0 saturated heterocycles. The second-order valence-electron chi connectivity index (χ2n) is 4.69. The summed E-state index contributed by atoms with van der Waals surface area (Å²) in [6, 6.07) is 9.59. The molecule has 0 aliphatic rings. The first-order chi connectivity index (χ1) is 9.65. The molecule has 0 heterocycles. The second-order valence-corrected chi connectivity index (χ2v) is 5.67. The van der Waals surface area contributed by atoms with Gasteiger partial charge >= 0.3 is 0 Å². The van der Waals surface area contributed by atoms with Crippen molar-refractivity contribution in [2.24, 2.45) is 5.73 Å². The monoisotopic (exact) mass is 332 g/mol. The lowest BCUT2D eigenvalue weighted by molar-refractivity contribution is -0.132. The molecule has 0 radical (unpaired) electrons. The van der Waals surface area contributed by atoms with Gasteiger partial charge in [-0.3, -0.25) is 4.79 Å². The lowest BCUT2D eigenvalue weighted by Gasteiger charge is -2.21. The summed E-state index contributed by atoms with van der Waals surface area (Å²) in [7, 11) is 1.77. The van der Waals surface area contributed by atoms with Crippen LogP contribution in [-0.4, -0.2) is 49.1 Å². The van der Waals surface area contributed by atoms with E-state index in [4.69, 9.17) is 10.5 Å². The molecule has 1 rings (SSSR count). The first kappa shape index (κ1) is 20.2. The van der Waals surface area contributed by atoms with Crippen molar-refractivity contribution in [3.05, 3.63) is 35.9 Å². The van der Waals surface area contributed by atoms with Crippen LogP contribution in [0.1, 0.15) is 12.0 Å². The van der Waals surface area contributed by atoms with Crippen molar-refractivity contribution in [2.75, 3.05) is 32.2 Å². The third-order valence-corrected chi connectivity index (χ3v) is 3.65. The van der Waals surface area contributed by atoms with E-state index in [-0.39, 0.29) is 18.3 Å². The van der Waals surface area contributed by atoms with Crippen molar-refractivity contribution in [3.8, 4) is 0 Å². The first-order valence-electron chi connectivity index (χ1n) is 6.76. The lowest BCUT2D eigenvalue weighted by atomic mass is 10.2. The Labute approximate surface area is 137 Å². The number of likely N-dealkylation sites (N-methyl/N-ethyl adjacent to an activating group) is 1. The summed E-state index contributed by atoms with van der Waals surface area (Å²) in [6.45, 7) is 1.66. The highest BCUT2D eigenvalue weighted by Crippen LogP contribution is 2.03. The zero-order valence-electron chi connectivity index (χ0n) is 12.7. The van der Waals surface area contributed by atoms with Crippen LogP contribution < -0.4 is 5.73 Å². The Balaban J connectivity index is 0.00000400. The zero-order chi connectivity index (χ0) is 14.8. The van der Waals surface area contributed by atoms with Gasteiger partial charge in [0.05, 0.1) is 19.3 Å². The number of nitrogens with zero attached hydrogens (tertiary/aromatic N) is 1. The molecule has 0 bridgehead atoms. The van der Waals surface area contributed by atoms with Crippen LogP contribution in [0.2, 0.25) is 0 Å². The van der Waals surface area contributed by atoms with E-state index < -0.39 is 6.04 Å². The summed E-state index contributed by atoms with van der Waals surface area (Å²) in [4.78, 5) is 13.6. The van der Waals surface area contributed by atoms with E-state index >= 15 is 0 Å². The Kier molecular flexibility index (Phi) is 11.4. The minimum absolute atomic E-state index is 0. The molecule has 1 aromatic carbocycles. The summed E-state index contributed by atoms with van der Waals surface area (Å²) in [6.07, 6.45) is 2.73. The largest absolute Gasteiger partial charge is 0.375 e. The summed E-state index contributed by atoms with van der Waals surface area (Å²) in [5.41, 5.74) is 6.99. The normalized spacial score (nSPS) is 11.6. The van der Waals surface area contributed by atoms with Gasteiger partial charge in [0.25, 0.3) is 0 Å². The molecular formula is C15H25ClN2O2S. The molecule has 0 aromatic heterocycles. The van der Waals surface area contributed by atoms with Gasteiger partial charge in [-0.15, -0.1) is 12.4 Å². The van der Waals surface area contributed by atoms with Gasteiger partial charge in [0.1, 0.15) is 0 Å². The molecule has 21 heavy (non-hydrogen) atoms. The number of carbonyl (C=O) groups excluding carboxylic acids is 1. The maximum absolute atomic E-state index is 11.9. The van der Waals surface area contributed by atoms with Crippen LogP contribution in [0.3, 0.4) is 0 Å². The number of thioether (sulfide) groups is 1. The van der Waals surface area contributed by atoms with Crippen LogP contribution in [0.15, 0.2) is 30.3 Å². The number of hydrogen-bond donors (Lipinski definition) is 1. The number of rotatable bonds is 9. The molecule has 1 atom stereocenters. The molecule has 0 aliphatic heterocycles. The molecule has 0 spiro atoms. The topological polar surface area (TPSA) is 55.6 Å². The van der Waals surface area contributed by atoms with E-state index in [0.717, 1.165) is 17.7 Å². The van der Waals surface area contributed by atoms with Crippen molar-refractivity contribution in [3.63, 3.8) is 0 Å². The molecule has 0 fully saturated rings. The van der Waals surface area contributed by atoms with Gasteiger partial charge in [0.15, 0.2) is 0 Å². The number of ether oxygens (including phenoxy) is 1. The summed E-state index contributed by atoms with van der Waals surface area (Å²) < 4.78 is 5.56. The molecule has 1 aromatic rings. The van der Waals surface area contributed by atoms with Crippen molar-refractivity contribution in [1.29, 1.82) is 0 Å². The maximum Gasteiger partial charge on any atom is 0.239 e. The van der Waals surface area contributed by atoms with Crippen LogP contribution in [0.25, 0.3) is 0 Å². The fraction of sp³-hybridized carbons (Fsp3) is 0.533. The quantitative estimate of drug-likeness (QED) is 0.704. The Morgan fingerprint density at radius 2 is 2.05 bits per heavy atom. The average Bonchev–Trinajstić information content (AvgIpc) is 2.49. The van der Waals surface area contributed by atoms with Gasteiger partial charge in [0, 0.05) is 13.6 Å². The number of hydrogen-bond acceptors (Lipinski definition) is 4. The average molecular weight is 333 g/mol. The highest BCUT2D eigenvalue weighted by molar-refractivity contribution is 7.98. The van der Waals surface area contributed by atoms with Crippen molar-refractivity contribution >= 4 is 30.1 Å². The van der Waals surface area contributed by atoms with Crippen molar-refractivity contribution in [1.82, 2.24) is 4.90 Å². The van der Waals surface area contributed by atoms with Gasteiger partial charge in [0.2, 0.25) is 5.91 Å². The number of amides is 1. The predicted octanol–water partition coefficient (Wildman–Crippen LogP) is 2.16. The van der Waals surface area contributed by atoms with Crippen LogP contribution in [0, 0.1) is 0 Å². The molecule has 0 unspecified atom stereocenters. The molecular weight excluding hydrogens is 308 g/mol. The molecule has 2 N–H and O–H groups in total. The Hall–Kier alpha value is -0.750. The number of halogens is 1. The van der Waals surface area contributed by atoms with Gasteiger partial charge in [-0.25, -0.2) is 0 Å². The van der Waals surface area contributed by atoms with Gasteiger partial charge in [-0.2, -0.15) is 11.8 Å². The highest BCUT2D eigenvalue weighted by Gasteiger charge is 2.16. The van der Waals surface area contributed by atoms with Gasteiger partial charge in [-0.05, 0) is 24.0 Å². The lowest BCUT2D eigenvalue weighted by Crippen LogP contribution is -2.43. The fourth-order valence-electron chi connectivity index (χ4n) is 1.73. The standard InChI is InChI=1S/C15H24N2O2S.ClH/c1-17(15(18)14(16)8-11-20-2)9-10-19-12-13-6-4-3-5-7-13;/h3-7,14H,8-12,16H2,1-2H3;1H/t14-;/m0./s1. The van der Waals surface area contributed by atoms with E-state index in [1.807, 2.05) is 36.6 Å². The molecule has 1 amide bonds. The second kappa shape index (κ2) is 11.9. The molecule has 4 nitrogen and oxygen atoms in total. The number of carbonyl (C=O) groups is 1. The minimum atomic E-state index is -0.401. The fourth-order valence-corrected chi connectivity index (χ4v) is 2.22. The van der Waals surface area contributed by atoms with Gasteiger partial charge < -0.3 is 15.4 Å². The molecule has 0 aliphatic carbocycles. The van der Waals surface area contributed by atoms with Crippen molar-refractivity contribution < 1.29 is 9.53 Å². The summed E-state index contributed by atoms with van der Waals surface area (Å²) in [5.74, 6) is 0.896. The summed E-state index contributed by atoms with van der Waals surface area (Å²) in [5, 5.41) is 0. The number of nitrogens with two attached hydrogens (primary N) is 1. The van der Waals surface area contributed by atoms with Crippen molar-refractivity contribution in [2.45, 2.75) is 19.1 Å². The Morgan fingerprint density at radius 3 is 2.67 bits per heavy atom. The van der Waals surface area contributed by atoms with E-state index in [9.17, 15) is 4.79 Å². The van der Waals surface area contributed by atoms with Crippen LogP contribution >= 0.6 is 24.2 Å². The SMILES string of the molecule is CSCC[C@H](N)C(=O)N(C)CCOCc1ccccc1.Cl. The zero-order valence-corrected chi connectivity index (χ0v) is 14.3. The van der Waals surface area contributed by atoms with Crippen LogP contribution in [-0.2, 0) is 16.1 Å².